The maximum absolute atomic E-state index is 13.4. The Morgan fingerprint density at radius 3 is 2.70 bits per heavy atom. The summed E-state index contributed by atoms with van der Waals surface area (Å²) in [6.45, 7) is 0.509. The van der Waals surface area contributed by atoms with Crippen molar-refractivity contribution in [2.45, 2.75) is 69.2 Å². The zero-order valence-electron chi connectivity index (χ0n) is 20.7. The van der Waals surface area contributed by atoms with Crippen molar-refractivity contribution in [3.8, 4) is 11.8 Å². The van der Waals surface area contributed by atoms with Gasteiger partial charge < -0.3 is 20.5 Å². The molecular formula is C29H31N3O5. The molecule has 0 radical (unpaired) electrons. The van der Waals surface area contributed by atoms with Crippen molar-refractivity contribution >= 4 is 23.5 Å². The second-order valence-corrected chi connectivity index (χ2v) is 10.4. The summed E-state index contributed by atoms with van der Waals surface area (Å²) in [4.78, 5) is 37.3. The summed E-state index contributed by atoms with van der Waals surface area (Å²) in [5.74, 6) is -0.644. The number of nitrogens with one attached hydrogen (secondary N) is 2. The van der Waals surface area contributed by atoms with Crippen LogP contribution in [0.3, 0.4) is 0 Å². The number of rotatable bonds is 8. The molecule has 2 aromatic carbocycles. The standard InChI is InChI=1S/C29H31N3O5/c30-17-18-8-9-19(4-3-7-26(33)34)24(14-18)32-28(36)23-16-29(23)12-13-37-25-11-10-20(15-22(25)29)27(35)31-21-5-1-2-6-21/h8-11,14-15,21,23H,1-7,12-13,16H2,(H,31,35)(H,32,36)(H,33,34)/t23-,29-/m0/s1. The zero-order valence-corrected chi connectivity index (χ0v) is 20.7. The highest BCUT2D eigenvalue weighted by Crippen LogP contribution is 2.61. The van der Waals surface area contributed by atoms with Crippen molar-refractivity contribution in [2.75, 3.05) is 11.9 Å². The summed E-state index contributed by atoms with van der Waals surface area (Å²) >= 11 is 0. The highest BCUT2D eigenvalue weighted by Gasteiger charge is 2.61. The molecule has 2 aromatic rings. The van der Waals surface area contributed by atoms with Crippen LogP contribution in [0.1, 0.15) is 78.4 Å². The lowest BCUT2D eigenvalue weighted by Gasteiger charge is -2.27. The number of fused-ring (bicyclic) bond motifs is 2. The number of aliphatic carboxylic acids is 1. The molecule has 0 unspecified atom stereocenters. The number of nitrogens with zero attached hydrogens (tertiary/aromatic N) is 1. The fourth-order valence-electron chi connectivity index (χ4n) is 5.86. The van der Waals surface area contributed by atoms with E-state index in [1.807, 2.05) is 12.1 Å². The van der Waals surface area contributed by atoms with Gasteiger partial charge in [-0.2, -0.15) is 5.26 Å². The Morgan fingerprint density at radius 1 is 1.14 bits per heavy atom. The summed E-state index contributed by atoms with van der Waals surface area (Å²) in [6.07, 6.45) is 6.61. The van der Waals surface area contributed by atoms with Crippen LogP contribution in [-0.4, -0.2) is 35.5 Å². The molecule has 2 fully saturated rings. The van der Waals surface area contributed by atoms with Crippen LogP contribution in [0.5, 0.6) is 5.75 Å². The third kappa shape index (κ3) is 5.17. The zero-order chi connectivity index (χ0) is 26.0. The summed E-state index contributed by atoms with van der Waals surface area (Å²) in [7, 11) is 0. The molecule has 1 spiro atoms. The number of hydrogen-bond acceptors (Lipinski definition) is 5. The molecule has 0 aromatic heterocycles. The maximum Gasteiger partial charge on any atom is 0.303 e. The number of benzene rings is 2. The molecule has 2 atom stereocenters. The molecule has 192 valence electrons. The van der Waals surface area contributed by atoms with E-state index in [1.165, 1.54) is 0 Å². The van der Waals surface area contributed by atoms with Crippen LogP contribution in [0.25, 0.3) is 0 Å². The average molecular weight is 502 g/mol. The van der Waals surface area contributed by atoms with Crippen molar-refractivity contribution in [1.82, 2.24) is 5.32 Å². The smallest absolute Gasteiger partial charge is 0.303 e. The van der Waals surface area contributed by atoms with E-state index in [4.69, 9.17) is 9.84 Å². The van der Waals surface area contributed by atoms with E-state index in [9.17, 15) is 19.6 Å². The predicted molar refractivity (Wildman–Crippen MR) is 136 cm³/mol. The number of aryl methyl sites for hydroxylation is 1. The SMILES string of the molecule is N#Cc1ccc(CCCC(=O)O)c(NC(=O)[C@@H]2C[C@]23CCOc2ccc(C(=O)NC4CCCC4)cc23)c1. The van der Waals surface area contributed by atoms with Crippen LogP contribution in [0, 0.1) is 17.2 Å². The van der Waals surface area contributed by atoms with Gasteiger partial charge in [0.2, 0.25) is 5.91 Å². The van der Waals surface area contributed by atoms with Gasteiger partial charge in [-0.1, -0.05) is 18.9 Å². The van der Waals surface area contributed by atoms with E-state index in [0.717, 1.165) is 42.6 Å². The number of carbonyl (C=O) groups excluding carboxylic acids is 2. The molecule has 37 heavy (non-hydrogen) atoms. The Morgan fingerprint density at radius 2 is 1.95 bits per heavy atom. The van der Waals surface area contributed by atoms with Crippen LogP contribution >= 0.6 is 0 Å². The van der Waals surface area contributed by atoms with Gasteiger partial charge in [0.15, 0.2) is 0 Å². The average Bonchev–Trinajstić information content (AvgIpc) is 3.37. The highest BCUT2D eigenvalue weighted by atomic mass is 16.5. The van der Waals surface area contributed by atoms with Gasteiger partial charge in [0, 0.05) is 40.6 Å². The Kier molecular flexibility index (Phi) is 6.88. The minimum Gasteiger partial charge on any atom is -0.493 e. The molecule has 5 rings (SSSR count). The van der Waals surface area contributed by atoms with Crippen molar-refractivity contribution in [3.63, 3.8) is 0 Å². The molecule has 3 N–H and O–H groups in total. The van der Waals surface area contributed by atoms with Crippen LogP contribution < -0.4 is 15.4 Å². The third-order valence-electron chi connectivity index (χ3n) is 8.00. The Labute approximate surface area is 216 Å². The molecule has 8 nitrogen and oxygen atoms in total. The number of carbonyl (C=O) groups is 3. The Hall–Kier alpha value is -3.86. The van der Waals surface area contributed by atoms with Gasteiger partial charge in [-0.05, 0) is 74.4 Å². The van der Waals surface area contributed by atoms with Gasteiger partial charge in [0.1, 0.15) is 5.75 Å². The molecule has 2 saturated carbocycles. The summed E-state index contributed by atoms with van der Waals surface area (Å²) in [5.41, 5.74) is 2.90. The lowest BCUT2D eigenvalue weighted by atomic mass is 9.86. The first kappa shape index (κ1) is 24.8. The van der Waals surface area contributed by atoms with Crippen molar-refractivity contribution < 1.29 is 24.2 Å². The summed E-state index contributed by atoms with van der Waals surface area (Å²) in [5, 5.41) is 24.5. The first-order valence-corrected chi connectivity index (χ1v) is 13.0. The van der Waals surface area contributed by atoms with Crippen molar-refractivity contribution in [1.29, 1.82) is 5.26 Å². The van der Waals surface area contributed by atoms with E-state index >= 15 is 0 Å². The number of anilines is 1. The molecule has 0 bridgehead atoms. The second kappa shape index (κ2) is 10.3. The molecule has 3 aliphatic rings. The molecule has 1 heterocycles. The molecular weight excluding hydrogens is 470 g/mol. The molecule has 2 aliphatic carbocycles. The third-order valence-corrected chi connectivity index (χ3v) is 8.00. The van der Waals surface area contributed by atoms with Crippen LogP contribution in [0.2, 0.25) is 0 Å². The van der Waals surface area contributed by atoms with E-state index in [-0.39, 0.29) is 35.6 Å². The highest BCUT2D eigenvalue weighted by molar-refractivity contribution is 5.98. The van der Waals surface area contributed by atoms with E-state index in [2.05, 4.69) is 16.7 Å². The van der Waals surface area contributed by atoms with E-state index in [0.29, 0.717) is 49.1 Å². The maximum atomic E-state index is 13.4. The minimum atomic E-state index is -0.867. The first-order valence-electron chi connectivity index (χ1n) is 13.0. The number of amides is 2. The van der Waals surface area contributed by atoms with E-state index in [1.54, 1.807) is 24.3 Å². The van der Waals surface area contributed by atoms with Gasteiger partial charge in [0.25, 0.3) is 5.91 Å². The van der Waals surface area contributed by atoms with Crippen LogP contribution in [-0.2, 0) is 21.4 Å². The lowest BCUT2D eigenvalue weighted by Crippen LogP contribution is -2.33. The quantitative estimate of drug-likeness (QED) is 0.494. The van der Waals surface area contributed by atoms with Gasteiger partial charge in [-0.25, -0.2) is 0 Å². The molecule has 8 heteroatoms. The fraction of sp³-hybridized carbons (Fsp3) is 0.448. The lowest BCUT2D eigenvalue weighted by molar-refractivity contribution is -0.137. The second-order valence-electron chi connectivity index (χ2n) is 10.4. The first-order chi connectivity index (χ1) is 17.9. The molecule has 2 amide bonds. The van der Waals surface area contributed by atoms with Crippen molar-refractivity contribution in [3.05, 3.63) is 58.7 Å². The minimum absolute atomic E-state index is 0.0343. The molecule has 0 saturated heterocycles. The van der Waals surface area contributed by atoms with Crippen LogP contribution in [0.4, 0.5) is 5.69 Å². The van der Waals surface area contributed by atoms with Crippen molar-refractivity contribution in [2.24, 2.45) is 5.92 Å². The number of carboxylic acids is 1. The van der Waals surface area contributed by atoms with Gasteiger partial charge >= 0.3 is 5.97 Å². The fourth-order valence-corrected chi connectivity index (χ4v) is 5.86. The largest absolute Gasteiger partial charge is 0.493 e. The summed E-state index contributed by atoms with van der Waals surface area (Å²) in [6, 6.07) is 12.9. The van der Waals surface area contributed by atoms with Gasteiger partial charge in [0.05, 0.1) is 18.2 Å². The van der Waals surface area contributed by atoms with Gasteiger partial charge in [-0.15, -0.1) is 0 Å². The normalized spacial score (nSPS) is 22.0. The topological polar surface area (TPSA) is 129 Å². The van der Waals surface area contributed by atoms with E-state index < -0.39 is 5.97 Å². The number of carboxylic acid groups (broad SMARTS) is 1. The predicted octanol–water partition coefficient (Wildman–Crippen LogP) is 4.32. The number of ether oxygens (including phenoxy) is 1. The monoisotopic (exact) mass is 501 g/mol. The Balaban J connectivity index is 1.33. The summed E-state index contributed by atoms with van der Waals surface area (Å²) < 4.78 is 5.88. The number of hydrogen-bond donors (Lipinski definition) is 3. The molecule has 1 aliphatic heterocycles. The Bertz CT molecular complexity index is 1280. The van der Waals surface area contributed by atoms with Crippen LogP contribution in [0.15, 0.2) is 36.4 Å². The number of nitriles is 1. The van der Waals surface area contributed by atoms with Gasteiger partial charge in [-0.3, -0.25) is 14.4 Å².